The Morgan fingerprint density at radius 3 is 2.53 bits per heavy atom. The lowest BCUT2D eigenvalue weighted by Crippen LogP contribution is -2.44. The van der Waals surface area contributed by atoms with E-state index in [1.54, 1.807) is 0 Å². The molecule has 2 aliphatic rings. The lowest BCUT2D eigenvalue weighted by atomic mass is 9.84. The first-order valence-corrected chi connectivity index (χ1v) is 7.09. The average Bonchev–Trinajstić information content (AvgIpc) is 2.87. The number of hydrogen-bond donors (Lipinski definition) is 2. The first-order valence-electron chi connectivity index (χ1n) is 7.09. The van der Waals surface area contributed by atoms with Crippen LogP contribution in [0.2, 0.25) is 0 Å². The van der Waals surface area contributed by atoms with Gasteiger partial charge in [0.1, 0.15) is 0 Å². The number of amides is 1. The summed E-state index contributed by atoms with van der Waals surface area (Å²) >= 11 is 0. The number of nitrogens with one attached hydrogen (secondary N) is 2. The van der Waals surface area contributed by atoms with Gasteiger partial charge < -0.3 is 10.6 Å². The molecule has 0 saturated heterocycles. The van der Waals surface area contributed by atoms with Crippen LogP contribution in [0.4, 0.5) is 0 Å². The van der Waals surface area contributed by atoms with Crippen molar-refractivity contribution < 1.29 is 4.79 Å². The predicted molar refractivity (Wildman–Crippen MR) is 69.7 cm³/mol. The van der Waals surface area contributed by atoms with E-state index in [4.69, 9.17) is 0 Å². The summed E-state index contributed by atoms with van der Waals surface area (Å²) in [6.45, 7) is 6.75. The highest BCUT2D eigenvalue weighted by molar-refractivity contribution is 5.78. The molecular weight excluding hydrogens is 212 g/mol. The van der Waals surface area contributed by atoms with Crippen LogP contribution in [0.15, 0.2) is 0 Å². The molecule has 2 aliphatic carbocycles. The molecule has 2 saturated carbocycles. The highest BCUT2D eigenvalue weighted by atomic mass is 16.1. The maximum atomic E-state index is 11.7. The molecular formula is C14H26N2O. The van der Waals surface area contributed by atoms with Gasteiger partial charge in [0.25, 0.3) is 0 Å². The van der Waals surface area contributed by atoms with Crippen molar-refractivity contribution in [3.8, 4) is 0 Å². The first kappa shape index (κ1) is 12.9. The standard InChI is InChI=1S/C14H26N2O/c1-9(2)15-8-14(17)16-10(3)13-7-11-4-5-12(13)6-11/h9-13,15H,4-8H2,1-3H3,(H,16,17). The van der Waals surface area contributed by atoms with Gasteiger partial charge in [-0.2, -0.15) is 0 Å². The molecule has 3 heteroatoms. The van der Waals surface area contributed by atoms with E-state index in [2.05, 4.69) is 31.4 Å². The number of carbonyl (C=O) groups is 1. The fourth-order valence-corrected chi connectivity index (χ4v) is 3.62. The van der Waals surface area contributed by atoms with E-state index in [-0.39, 0.29) is 5.91 Å². The van der Waals surface area contributed by atoms with Crippen molar-refractivity contribution in [3.63, 3.8) is 0 Å². The van der Waals surface area contributed by atoms with Crippen LogP contribution in [-0.2, 0) is 4.79 Å². The maximum absolute atomic E-state index is 11.7. The molecule has 2 bridgehead atoms. The quantitative estimate of drug-likeness (QED) is 0.768. The van der Waals surface area contributed by atoms with E-state index >= 15 is 0 Å². The Labute approximate surface area is 105 Å². The van der Waals surface area contributed by atoms with Crippen molar-refractivity contribution in [3.05, 3.63) is 0 Å². The Hall–Kier alpha value is -0.570. The third-order valence-corrected chi connectivity index (χ3v) is 4.49. The minimum Gasteiger partial charge on any atom is -0.352 e. The third kappa shape index (κ3) is 3.21. The molecule has 2 N–H and O–H groups in total. The van der Waals surface area contributed by atoms with Crippen LogP contribution in [0.3, 0.4) is 0 Å². The highest BCUT2D eigenvalue weighted by Gasteiger charge is 2.41. The molecule has 17 heavy (non-hydrogen) atoms. The molecule has 0 spiro atoms. The van der Waals surface area contributed by atoms with E-state index in [0.29, 0.717) is 18.6 Å². The van der Waals surface area contributed by atoms with Crippen molar-refractivity contribution >= 4 is 5.91 Å². The zero-order valence-corrected chi connectivity index (χ0v) is 11.3. The molecule has 0 aromatic heterocycles. The molecule has 4 unspecified atom stereocenters. The van der Waals surface area contributed by atoms with Gasteiger partial charge in [0.15, 0.2) is 0 Å². The van der Waals surface area contributed by atoms with Gasteiger partial charge in [0.05, 0.1) is 6.54 Å². The van der Waals surface area contributed by atoms with Crippen LogP contribution in [0, 0.1) is 17.8 Å². The second-order valence-corrected chi connectivity index (χ2v) is 6.23. The molecule has 2 fully saturated rings. The Morgan fingerprint density at radius 1 is 1.24 bits per heavy atom. The van der Waals surface area contributed by atoms with Crippen LogP contribution < -0.4 is 10.6 Å². The van der Waals surface area contributed by atoms with Crippen molar-refractivity contribution in [1.29, 1.82) is 0 Å². The van der Waals surface area contributed by atoms with Gasteiger partial charge in [-0.15, -0.1) is 0 Å². The minimum absolute atomic E-state index is 0.147. The lowest BCUT2D eigenvalue weighted by Gasteiger charge is -2.28. The minimum atomic E-state index is 0.147. The number of hydrogen-bond acceptors (Lipinski definition) is 2. The summed E-state index contributed by atoms with van der Waals surface area (Å²) in [5.41, 5.74) is 0. The second kappa shape index (κ2) is 5.38. The van der Waals surface area contributed by atoms with Crippen molar-refractivity contribution in [2.45, 2.75) is 58.5 Å². The molecule has 98 valence electrons. The predicted octanol–water partition coefficient (Wildman–Crippen LogP) is 1.93. The molecule has 0 aromatic rings. The molecule has 4 atom stereocenters. The average molecular weight is 238 g/mol. The zero-order valence-electron chi connectivity index (χ0n) is 11.3. The number of fused-ring (bicyclic) bond motifs is 2. The Morgan fingerprint density at radius 2 is 2.00 bits per heavy atom. The van der Waals surface area contributed by atoms with Crippen molar-refractivity contribution in [2.24, 2.45) is 17.8 Å². The van der Waals surface area contributed by atoms with E-state index in [0.717, 1.165) is 17.8 Å². The molecule has 0 radical (unpaired) electrons. The maximum Gasteiger partial charge on any atom is 0.234 e. The molecule has 2 rings (SSSR count). The van der Waals surface area contributed by atoms with E-state index in [1.165, 1.54) is 25.7 Å². The van der Waals surface area contributed by atoms with Gasteiger partial charge in [0, 0.05) is 12.1 Å². The van der Waals surface area contributed by atoms with Gasteiger partial charge >= 0.3 is 0 Å². The normalized spacial score (nSPS) is 33.1. The van der Waals surface area contributed by atoms with Crippen LogP contribution in [-0.4, -0.2) is 24.5 Å². The van der Waals surface area contributed by atoms with Crippen molar-refractivity contribution in [1.82, 2.24) is 10.6 Å². The zero-order chi connectivity index (χ0) is 12.4. The van der Waals surface area contributed by atoms with Crippen LogP contribution in [0.5, 0.6) is 0 Å². The van der Waals surface area contributed by atoms with E-state index in [1.807, 2.05) is 0 Å². The summed E-state index contributed by atoms with van der Waals surface area (Å²) in [5, 5.41) is 6.32. The van der Waals surface area contributed by atoms with Gasteiger partial charge in [-0.1, -0.05) is 20.3 Å². The lowest BCUT2D eigenvalue weighted by molar-refractivity contribution is -0.121. The molecule has 0 aromatic carbocycles. The van der Waals surface area contributed by atoms with Gasteiger partial charge in [0.2, 0.25) is 5.91 Å². The fraction of sp³-hybridized carbons (Fsp3) is 0.929. The van der Waals surface area contributed by atoms with Crippen LogP contribution >= 0.6 is 0 Å². The summed E-state index contributed by atoms with van der Waals surface area (Å²) in [4.78, 5) is 11.7. The molecule has 3 nitrogen and oxygen atoms in total. The first-order chi connectivity index (χ1) is 8.06. The van der Waals surface area contributed by atoms with Gasteiger partial charge in [-0.3, -0.25) is 4.79 Å². The SMILES string of the molecule is CC(C)NCC(=O)NC(C)C1CC2CCC1C2. The summed E-state index contributed by atoms with van der Waals surface area (Å²) in [6, 6.07) is 0.727. The Bertz CT molecular complexity index is 277. The van der Waals surface area contributed by atoms with E-state index in [9.17, 15) is 4.79 Å². The summed E-state index contributed by atoms with van der Waals surface area (Å²) in [7, 11) is 0. The summed E-state index contributed by atoms with van der Waals surface area (Å²) in [6.07, 6.45) is 5.56. The third-order valence-electron chi connectivity index (χ3n) is 4.49. The largest absolute Gasteiger partial charge is 0.352 e. The summed E-state index contributed by atoms with van der Waals surface area (Å²) < 4.78 is 0. The van der Waals surface area contributed by atoms with Crippen molar-refractivity contribution in [2.75, 3.05) is 6.54 Å². The van der Waals surface area contributed by atoms with Gasteiger partial charge in [-0.25, -0.2) is 0 Å². The smallest absolute Gasteiger partial charge is 0.234 e. The summed E-state index contributed by atoms with van der Waals surface area (Å²) in [5.74, 6) is 2.72. The number of rotatable bonds is 5. The van der Waals surface area contributed by atoms with Gasteiger partial charge in [-0.05, 0) is 43.9 Å². The molecule has 0 aliphatic heterocycles. The molecule has 0 heterocycles. The molecule has 1 amide bonds. The second-order valence-electron chi connectivity index (χ2n) is 6.23. The highest BCUT2D eigenvalue weighted by Crippen LogP contribution is 2.49. The van der Waals surface area contributed by atoms with E-state index < -0.39 is 0 Å². The van der Waals surface area contributed by atoms with Crippen LogP contribution in [0.1, 0.15) is 46.5 Å². The monoisotopic (exact) mass is 238 g/mol. The Balaban J connectivity index is 1.73. The topological polar surface area (TPSA) is 41.1 Å². The van der Waals surface area contributed by atoms with Crippen LogP contribution in [0.25, 0.3) is 0 Å². The fourth-order valence-electron chi connectivity index (χ4n) is 3.62. The Kier molecular flexibility index (Phi) is 4.08. The number of carbonyl (C=O) groups excluding carboxylic acids is 1.